The minimum Gasteiger partial charge on any atom is -0.396 e. The van der Waals surface area contributed by atoms with E-state index in [1.807, 2.05) is 42.2 Å². The number of anilines is 1. The smallest absolute Gasteiger partial charge is 0.239 e. The van der Waals surface area contributed by atoms with Gasteiger partial charge in [-0.15, -0.1) is 0 Å². The molecule has 0 aliphatic heterocycles. The minimum absolute atomic E-state index is 0.00860. The molecule has 94 valence electrons. The molecule has 4 heteroatoms. The van der Waals surface area contributed by atoms with E-state index >= 15 is 0 Å². The number of aliphatic hydroxyl groups is 1. The van der Waals surface area contributed by atoms with Crippen LogP contribution in [0.3, 0.4) is 0 Å². The Morgan fingerprint density at radius 2 is 2.06 bits per heavy atom. The molecule has 0 radical (unpaired) electrons. The Kier molecular flexibility index (Phi) is 6.10. The van der Waals surface area contributed by atoms with Gasteiger partial charge in [0.15, 0.2) is 0 Å². The van der Waals surface area contributed by atoms with Gasteiger partial charge in [-0.3, -0.25) is 4.79 Å². The molecule has 0 atom stereocenters. The predicted octanol–water partition coefficient (Wildman–Crippen LogP) is 1.01. The summed E-state index contributed by atoms with van der Waals surface area (Å²) in [5, 5.41) is 11.7. The molecule has 2 N–H and O–H groups in total. The lowest BCUT2D eigenvalue weighted by atomic mass is 10.2. The number of hydrogen-bond donors (Lipinski definition) is 2. The monoisotopic (exact) mass is 236 g/mol. The maximum absolute atomic E-state index is 11.6. The molecule has 0 spiro atoms. The van der Waals surface area contributed by atoms with Gasteiger partial charge in [-0.1, -0.05) is 18.2 Å². The summed E-state index contributed by atoms with van der Waals surface area (Å²) < 4.78 is 0. The molecule has 0 bridgehead atoms. The fraction of sp³-hybridized carbons (Fsp3) is 0.462. The molecule has 4 nitrogen and oxygen atoms in total. The summed E-state index contributed by atoms with van der Waals surface area (Å²) in [6.45, 7) is 3.69. The average molecular weight is 236 g/mol. The van der Waals surface area contributed by atoms with Crippen molar-refractivity contribution >= 4 is 11.6 Å². The molecule has 1 aromatic rings. The third-order valence-electron chi connectivity index (χ3n) is 2.42. The lowest BCUT2D eigenvalue weighted by molar-refractivity contribution is -0.119. The third-order valence-corrected chi connectivity index (χ3v) is 2.42. The Morgan fingerprint density at radius 3 is 2.65 bits per heavy atom. The van der Waals surface area contributed by atoms with Gasteiger partial charge in [-0.05, 0) is 25.5 Å². The molecule has 1 amide bonds. The molecule has 0 saturated heterocycles. The van der Waals surface area contributed by atoms with Crippen LogP contribution in [-0.4, -0.2) is 37.3 Å². The first-order valence-electron chi connectivity index (χ1n) is 5.95. The summed E-state index contributed by atoms with van der Waals surface area (Å²) in [5.74, 6) is 0.00860. The number of rotatable bonds is 7. The maximum Gasteiger partial charge on any atom is 0.239 e. The van der Waals surface area contributed by atoms with Gasteiger partial charge in [0.25, 0.3) is 0 Å². The van der Waals surface area contributed by atoms with E-state index in [0.717, 1.165) is 5.69 Å². The number of amides is 1. The summed E-state index contributed by atoms with van der Waals surface area (Å²) in [7, 11) is 0. The van der Waals surface area contributed by atoms with Crippen molar-refractivity contribution in [2.24, 2.45) is 0 Å². The van der Waals surface area contributed by atoms with Crippen LogP contribution in [-0.2, 0) is 4.79 Å². The van der Waals surface area contributed by atoms with Crippen molar-refractivity contribution in [2.45, 2.75) is 13.3 Å². The molecule has 0 unspecified atom stereocenters. The first-order chi connectivity index (χ1) is 8.27. The molecule has 0 saturated carbocycles. The van der Waals surface area contributed by atoms with Crippen LogP contribution in [0.2, 0.25) is 0 Å². The quantitative estimate of drug-likeness (QED) is 0.743. The van der Waals surface area contributed by atoms with Gasteiger partial charge in [-0.2, -0.15) is 0 Å². The van der Waals surface area contributed by atoms with Gasteiger partial charge in [0, 0.05) is 25.4 Å². The molecule has 0 aliphatic rings. The Bertz CT molecular complexity index is 327. The second kappa shape index (κ2) is 7.68. The first-order valence-corrected chi connectivity index (χ1v) is 5.95. The van der Waals surface area contributed by atoms with Crippen LogP contribution in [0, 0.1) is 0 Å². The summed E-state index contributed by atoms with van der Waals surface area (Å²) in [4.78, 5) is 13.5. The number of benzene rings is 1. The average Bonchev–Trinajstić information content (AvgIpc) is 2.36. The summed E-state index contributed by atoms with van der Waals surface area (Å²) in [5.41, 5.74) is 1.01. The van der Waals surface area contributed by atoms with Gasteiger partial charge in [0.05, 0.1) is 6.54 Å². The van der Waals surface area contributed by atoms with Crippen molar-refractivity contribution in [1.82, 2.24) is 5.32 Å². The lowest BCUT2D eigenvalue weighted by Gasteiger charge is -2.23. The molecule has 0 aliphatic carbocycles. The van der Waals surface area contributed by atoms with Crippen molar-refractivity contribution in [3.8, 4) is 0 Å². The normalized spacial score (nSPS) is 10.0. The molecule has 1 rings (SSSR count). The molecular formula is C13H20N2O2. The third kappa shape index (κ3) is 4.87. The molecule has 1 aromatic carbocycles. The highest BCUT2D eigenvalue weighted by Gasteiger charge is 2.10. The summed E-state index contributed by atoms with van der Waals surface area (Å²) in [6, 6.07) is 9.77. The number of nitrogens with one attached hydrogen (secondary N) is 1. The Labute approximate surface area is 102 Å². The second-order valence-corrected chi connectivity index (χ2v) is 3.79. The predicted molar refractivity (Wildman–Crippen MR) is 69.0 cm³/mol. The Hall–Kier alpha value is -1.55. The fourth-order valence-electron chi connectivity index (χ4n) is 1.63. The number of likely N-dealkylation sites (N-methyl/N-ethyl adjacent to an activating group) is 1. The second-order valence-electron chi connectivity index (χ2n) is 3.79. The number of carbonyl (C=O) groups is 1. The number of nitrogens with zero attached hydrogens (tertiary/aromatic N) is 1. The fourth-order valence-corrected chi connectivity index (χ4v) is 1.63. The van der Waals surface area contributed by atoms with E-state index in [-0.39, 0.29) is 12.5 Å². The number of hydrogen-bond acceptors (Lipinski definition) is 3. The first kappa shape index (κ1) is 13.5. The van der Waals surface area contributed by atoms with Crippen LogP contribution in [0.25, 0.3) is 0 Å². The van der Waals surface area contributed by atoms with Crippen LogP contribution in [0.15, 0.2) is 30.3 Å². The van der Waals surface area contributed by atoms with Crippen LogP contribution >= 0.6 is 0 Å². The van der Waals surface area contributed by atoms with Crippen LogP contribution in [0.5, 0.6) is 0 Å². The highest BCUT2D eigenvalue weighted by Crippen LogP contribution is 2.12. The topological polar surface area (TPSA) is 52.6 Å². The standard InChI is InChI=1S/C13H20N2O2/c1-2-14-13(17)11-15(9-6-10-16)12-7-4-3-5-8-12/h3-5,7-8,16H,2,6,9-11H2,1H3,(H,14,17). The highest BCUT2D eigenvalue weighted by molar-refractivity contribution is 5.81. The number of para-hydroxylation sites is 1. The van der Waals surface area contributed by atoms with Gasteiger partial charge < -0.3 is 15.3 Å². The summed E-state index contributed by atoms with van der Waals surface area (Å²) >= 11 is 0. The van der Waals surface area contributed by atoms with Gasteiger partial charge in [0.1, 0.15) is 0 Å². The van der Waals surface area contributed by atoms with E-state index < -0.39 is 0 Å². The molecule has 17 heavy (non-hydrogen) atoms. The van der Waals surface area contributed by atoms with Gasteiger partial charge in [-0.25, -0.2) is 0 Å². The van der Waals surface area contributed by atoms with E-state index in [9.17, 15) is 4.79 Å². The van der Waals surface area contributed by atoms with Crippen molar-refractivity contribution in [3.05, 3.63) is 30.3 Å². The SMILES string of the molecule is CCNC(=O)CN(CCCO)c1ccccc1. The zero-order valence-corrected chi connectivity index (χ0v) is 10.2. The summed E-state index contributed by atoms with van der Waals surface area (Å²) in [6.07, 6.45) is 0.661. The minimum atomic E-state index is 0.00860. The Balaban J connectivity index is 2.63. The largest absolute Gasteiger partial charge is 0.396 e. The zero-order chi connectivity index (χ0) is 12.5. The lowest BCUT2D eigenvalue weighted by Crippen LogP contribution is -2.38. The molecule has 0 fully saturated rings. The maximum atomic E-state index is 11.6. The van der Waals surface area contributed by atoms with Crippen molar-refractivity contribution in [3.63, 3.8) is 0 Å². The Morgan fingerprint density at radius 1 is 1.35 bits per heavy atom. The number of aliphatic hydroxyl groups excluding tert-OH is 1. The van der Waals surface area contributed by atoms with E-state index in [1.54, 1.807) is 0 Å². The van der Waals surface area contributed by atoms with Crippen LogP contribution in [0.1, 0.15) is 13.3 Å². The van der Waals surface area contributed by atoms with E-state index in [1.165, 1.54) is 0 Å². The highest BCUT2D eigenvalue weighted by atomic mass is 16.3. The molecule has 0 heterocycles. The molecular weight excluding hydrogens is 216 g/mol. The van der Waals surface area contributed by atoms with Crippen LogP contribution in [0.4, 0.5) is 5.69 Å². The van der Waals surface area contributed by atoms with Crippen molar-refractivity contribution in [1.29, 1.82) is 0 Å². The van der Waals surface area contributed by atoms with E-state index in [0.29, 0.717) is 26.1 Å². The van der Waals surface area contributed by atoms with E-state index in [2.05, 4.69) is 5.32 Å². The van der Waals surface area contributed by atoms with Crippen LogP contribution < -0.4 is 10.2 Å². The molecule has 0 aromatic heterocycles. The zero-order valence-electron chi connectivity index (χ0n) is 10.2. The van der Waals surface area contributed by atoms with Gasteiger partial charge >= 0.3 is 0 Å². The van der Waals surface area contributed by atoms with Crippen molar-refractivity contribution < 1.29 is 9.90 Å². The number of carbonyl (C=O) groups excluding carboxylic acids is 1. The van der Waals surface area contributed by atoms with Gasteiger partial charge in [0.2, 0.25) is 5.91 Å². The van der Waals surface area contributed by atoms with Crippen molar-refractivity contribution in [2.75, 3.05) is 31.1 Å². The van der Waals surface area contributed by atoms with E-state index in [4.69, 9.17) is 5.11 Å².